The van der Waals surface area contributed by atoms with Crippen molar-refractivity contribution in [2.45, 2.75) is 63.0 Å². The Morgan fingerprint density at radius 2 is 1.94 bits per heavy atom. The van der Waals surface area contributed by atoms with Crippen molar-refractivity contribution >= 4 is 5.97 Å². The maximum absolute atomic E-state index is 13.6. The quantitative estimate of drug-likeness (QED) is 0.493. The van der Waals surface area contributed by atoms with E-state index >= 15 is 0 Å². The molecule has 3 saturated heterocycles. The SMILES string of the molecule is C=C1[C@H]2C[C@@H]3[C@H]4N5C[C@]6(C)CCC[C@]47[C@H]([C@H]2OC(=O)c2ccc(OC)c(OC)c2)[C@]3(C[C@@]5(O)[C@H]67)[C@@H]1O. The molecule has 0 radical (unpaired) electrons. The number of aliphatic hydroxyl groups excluding tert-OH is 1. The van der Waals surface area contributed by atoms with E-state index in [0.717, 1.165) is 37.8 Å². The molecule has 1 aromatic carbocycles. The highest BCUT2D eigenvalue weighted by atomic mass is 16.5. The van der Waals surface area contributed by atoms with Crippen molar-refractivity contribution in [2.24, 2.45) is 39.9 Å². The summed E-state index contributed by atoms with van der Waals surface area (Å²) in [4.78, 5) is 16.1. The second kappa shape index (κ2) is 6.30. The van der Waals surface area contributed by atoms with Gasteiger partial charge in [0.15, 0.2) is 11.5 Å². The molecular weight excluding hydrogens is 458 g/mol. The summed E-state index contributed by atoms with van der Waals surface area (Å²) in [5.41, 5.74) is -0.171. The summed E-state index contributed by atoms with van der Waals surface area (Å²) in [6, 6.07) is 5.38. The molecule has 12 atom stereocenters. The molecule has 2 N–H and O–H groups in total. The summed E-state index contributed by atoms with van der Waals surface area (Å²) in [5, 5.41) is 24.0. The maximum Gasteiger partial charge on any atom is 0.338 e. The molecule has 9 fully saturated rings. The van der Waals surface area contributed by atoms with Gasteiger partial charge in [-0.2, -0.15) is 0 Å². The Kier molecular flexibility index (Phi) is 3.84. The first-order valence-electron chi connectivity index (χ1n) is 13.5. The molecule has 10 rings (SSSR count). The van der Waals surface area contributed by atoms with Crippen LogP contribution in [-0.4, -0.2) is 65.8 Å². The molecule has 6 aliphatic carbocycles. The van der Waals surface area contributed by atoms with Crippen LogP contribution in [0.25, 0.3) is 0 Å². The summed E-state index contributed by atoms with van der Waals surface area (Å²) in [6.07, 6.45) is 3.75. The molecule has 3 aliphatic heterocycles. The molecule has 36 heavy (non-hydrogen) atoms. The third-order valence-electron chi connectivity index (χ3n) is 12.2. The molecule has 7 nitrogen and oxygen atoms in total. The van der Waals surface area contributed by atoms with E-state index in [0.29, 0.717) is 29.4 Å². The Hall–Kier alpha value is -2.09. The second-order valence-corrected chi connectivity index (χ2v) is 13.1. The van der Waals surface area contributed by atoms with Crippen LogP contribution in [-0.2, 0) is 4.74 Å². The fraction of sp³-hybridized carbons (Fsp3) is 0.690. The molecular formula is C29H35NO6. The number of fused-ring (bicyclic) bond motifs is 1. The first-order chi connectivity index (χ1) is 17.2. The molecule has 6 saturated carbocycles. The molecule has 7 heteroatoms. The summed E-state index contributed by atoms with van der Waals surface area (Å²) < 4.78 is 17.2. The van der Waals surface area contributed by atoms with E-state index < -0.39 is 17.2 Å². The summed E-state index contributed by atoms with van der Waals surface area (Å²) in [6.45, 7) is 7.63. The van der Waals surface area contributed by atoms with Crippen molar-refractivity contribution in [3.05, 3.63) is 35.9 Å². The normalized spacial score (nSPS) is 54.2. The van der Waals surface area contributed by atoms with Crippen molar-refractivity contribution in [3.63, 3.8) is 0 Å². The van der Waals surface area contributed by atoms with Crippen LogP contribution in [0.2, 0.25) is 0 Å². The largest absolute Gasteiger partial charge is 0.493 e. The van der Waals surface area contributed by atoms with Gasteiger partial charge in [-0.05, 0) is 60.8 Å². The number of nitrogens with zero attached hydrogens (tertiary/aromatic N) is 1. The number of piperidine rings is 2. The Labute approximate surface area is 211 Å². The highest BCUT2D eigenvalue weighted by molar-refractivity contribution is 5.90. The first-order valence-corrected chi connectivity index (χ1v) is 13.5. The molecule has 2 spiro atoms. The second-order valence-electron chi connectivity index (χ2n) is 13.1. The minimum atomic E-state index is -0.865. The molecule has 0 aromatic heterocycles. The van der Waals surface area contributed by atoms with E-state index in [-0.39, 0.29) is 46.7 Å². The zero-order valence-electron chi connectivity index (χ0n) is 21.2. The molecule has 0 amide bonds. The van der Waals surface area contributed by atoms with Crippen LogP contribution in [0.3, 0.4) is 0 Å². The number of rotatable bonds is 4. The lowest BCUT2D eigenvalue weighted by Crippen LogP contribution is -2.72. The number of aliphatic hydroxyl groups is 2. The van der Waals surface area contributed by atoms with Gasteiger partial charge in [-0.3, -0.25) is 4.90 Å². The average molecular weight is 494 g/mol. The van der Waals surface area contributed by atoms with Crippen molar-refractivity contribution in [1.29, 1.82) is 0 Å². The van der Waals surface area contributed by atoms with Gasteiger partial charge in [0.25, 0.3) is 0 Å². The highest BCUT2D eigenvalue weighted by Gasteiger charge is 2.93. The van der Waals surface area contributed by atoms with E-state index in [1.807, 2.05) is 0 Å². The van der Waals surface area contributed by atoms with Crippen LogP contribution >= 0.6 is 0 Å². The van der Waals surface area contributed by atoms with Gasteiger partial charge in [0.1, 0.15) is 11.8 Å². The monoisotopic (exact) mass is 493 g/mol. The number of esters is 1. The van der Waals surface area contributed by atoms with Gasteiger partial charge in [-0.15, -0.1) is 0 Å². The minimum absolute atomic E-state index is 0.0403. The van der Waals surface area contributed by atoms with Crippen LogP contribution in [0.5, 0.6) is 11.5 Å². The predicted molar refractivity (Wildman–Crippen MR) is 129 cm³/mol. The minimum Gasteiger partial charge on any atom is -0.493 e. The maximum atomic E-state index is 13.6. The smallest absolute Gasteiger partial charge is 0.338 e. The van der Waals surface area contributed by atoms with Gasteiger partial charge in [0.05, 0.1) is 25.9 Å². The standard InChI is InChI=1S/C29H35NO6/c1-14-16-11-17-22-27-9-5-8-26(2)13-30(22)29(33,25(26)27)12-28(17,23(14)31)21(27)20(16)36-24(32)15-6-7-18(34-3)19(10-15)35-4/h6-7,10,16-17,20-23,25,31,33H,1,5,8-9,11-13H2,2-4H3/t16-,17-,20+,21+,22-,23-,25-,26+,27+,28-,29-/m1/s1. The van der Waals surface area contributed by atoms with Gasteiger partial charge < -0.3 is 24.4 Å². The van der Waals surface area contributed by atoms with E-state index in [1.54, 1.807) is 32.4 Å². The average Bonchev–Trinajstić information content (AvgIpc) is 3.22. The number of benzene rings is 1. The summed E-state index contributed by atoms with van der Waals surface area (Å²) >= 11 is 0. The van der Waals surface area contributed by atoms with Crippen molar-refractivity contribution < 1.29 is 29.2 Å². The fourth-order valence-corrected chi connectivity index (χ4v) is 11.9. The van der Waals surface area contributed by atoms with Gasteiger partial charge in [-0.25, -0.2) is 4.79 Å². The topological polar surface area (TPSA) is 88.5 Å². The van der Waals surface area contributed by atoms with Crippen LogP contribution < -0.4 is 9.47 Å². The number of carbonyl (C=O) groups excluding carboxylic acids is 1. The van der Waals surface area contributed by atoms with E-state index in [4.69, 9.17) is 14.2 Å². The van der Waals surface area contributed by atoms with Crippen LogP contribution in [0.1, 0.15) is 49.4 Å². The zero-order valence-corrected chi connectivity index (χ0v) is 21.2. The Balaban J connectivity index is 1.25. The third-order valence-corrected chi connectivity index (χ3v) is 12.2. The molecule has 9 aliphatic rings. The predicted octanol–water partition coefficient (Wildman–Crippen LogP) is 3.00. The lowest BCUT2D eigenvalue weighted by Gasteiger charge is -2.67. The molecule has 1 unspecified atom stereocenters. The van der Waals surface area contributed by atoms with Crippen LogP contribution in [0.4, 0.5) is 0 Å². The number of hydrogen-bond donors (Lipinski definition) is 2. The first kappa shape index (κ1) is 21.9. The van der Waals surface area contributed by atoms with Crippen LogP contribution in [0.15, 0.2) is 30.4 Å². The number of methoxy groups -OCH3 is 2. The summed E-state index contributed by atoms with van der Waals surface area (Å²) in [5.74, 6) is 1.14. The summed E-state index contributed by atoms with van der Waals surface area (Å²) in [7, 11) is 3.12. The van der Waals surface area contributed by atoms with Gasteiger partial charge in [0.2, 0.25) is 0 Å². The van der Waals surface area contributed by atoms with Crippen molar-refractivity contribution in [3.8, 4) is 11.5 Å². The van der Waals surface area contributed by atoms with Crippen molar-refractivity contribution in [2.75, 3.05) is 20.8 Å². The Bertz CT molecular complexity index is 1230. The molecule has 3 heterocycles. The molecule has 192 valence electrons. The molecule has 1 aromatic rings. The Morgan fingerprint density at radius 3 is 2.69 bits per heavy atom. The lowest BCUT2D eigenvalue weighted by atomic mass is 9.39. The van der Waals surface area contributed by atoms with Gasteiger partial charge >= 0.3 is 5.97 Å². The van der Waals surface area contributed by atoms with E-state index in [1.165, 1.54) is 0 Å². The van der Waals surface area contributed by atoms with Crippen molar-refractivity contribution in [1.82, 2.24) is 4.90 Å². The highest BCUT2D eigenvalue weighted by Crippen LogP contribution is 2.89. The zero-order chi connectivity index (χ0) is 25.0. The van der Waals surface area contributed by atoms with Crippen LogP contribution in [0, 0.1) is 39.9 Å². The van der Waals surface area contributed by atoms with Gasteiger partial charge in [0, 0.05) is 41.2 Å². The molecule has 9 bridgehead atoms. The number of carbonyl (C=O) groups is 1. The third kappa shape index (κ3) is 1.99. The van der Waals surface area contributed by atoms with E-state index in [2.05, 4.69) is 18.4 Å². The number of ether oxygens (including phenoxy) is 3. The van der Waals surface area contributed by atoms with Gasteiger partial charge in [-0.1, -0.05) is 19.9 Å². The number of hydrogen-bond acceptors (Lipinski definition) is 7. The Morgan fingerprint density at radius 1 is 1.17 bits per heavy atom. The fourth-order valence-electron chi connectivity index (χ4n) is 11.9. The lowest BCUT2D eigenvalue weighted by molar-refractivity contribution is -0.271. The van der Waals surface area contributed by atoms with E-state index in [9.17, 15) is 15.0 Å².